The number of alkyl halides is 2. The summed E-state index contributed by atoms with van der Waals surface area (Å²) < 4.78 is 27.2. The summed E-state index contributed by atoms with van der Waals surface area (Å²) in [6.07, 6.45) is -0.0354. The van der Waals surface area contributed by atoms with Crippen molar-refractivity contribution in [2.75, 3.05) is 11.9 Å². The summed E-state index contributed by atoms with van der Waals surface area (Å²) in [6.45, 7) is 0. The van der Waals surface area contributed by atoms with Gasteiger partial charge in [0.15, 0.2) is 0 Å². The number of rotatable bonds is 2. The minimum Gasteiger partial charge on any atom is -0.315 e. The molecule has 1 aromatic carbocycles. The molecule has 0 saturated carbocycles. The van der Waals surface area contributed by atoms with Gasteiger partial charge in [-0.05, 0) is 24.1 Å². The third kappa shape index (κ3) is 2.06. The van der Waals surface area contributed by atoms with E-state index in [1.54, 1.807) is 7.05 Å². The molecule has 0 fully saturated rings. The Balaban J connectivity index is 2.40. The second-order valence-electron chi connectivity index (χ2n) is 4.34. The second kappa shape index (κ2) is 4.37. The van der Waals surface area contributed by atoms with Crippen LogP contribution < -0.4 is 4.90 Å². The lowest BCUT2D eigenvalue weighted by molar-refractivity contribution is -0.118. The number of carbonyl (C=O) groups is 1. The third-order valence-electron chi connectivity index (χ3n) is 3.15. The SMILES string of the molecule is CN1C(=O)CCc2cc(C(F)(F)CC#N)ccc21. The molecule has 0 saturated heterocycles. The molecule has 1 amide bonds. The Bertz CT molecular complexity index is 534. The van der Waals surface area contributed by atoms with Gasteiger partial charge in [-0.25, -0.2) is 8.78 Å². The van der Waals surface area contributed by atoms with E-state index in [4.69, 9.17) is 5.26 Å². The topological polar surface area (TPSA) is 44.1 Å². The summed E-state index contributed by atoms with van der Waals surface area (Å²) in [5, 5.41) is 8.40. The number of halogens is 2. The molecule has 94 valence electrons. The molecule has 0 N–H and O–H groups in total. The monoisotopic (exact) mass is 250 g/mol. The molecule has 2 rings (SSSR count). The second-order valence-corrected chi connectivity index (χ2v) is 4.34. The molecule has 0 bridgehead atoms. The van der Waals surface area contributed by atoms with Gasteiger partial charge in [0.05, 0.1) is 6.07 Å². The lowest BCUT2D eigenvalue weighted by Gasteiger charge is -2.27. The van der Waals surface area contributed by atoms with Crippen LogP contribution in [-0.4, -0.2) is 13.0 Å². The number of nitrogens with zero attached hydrogens (tertiary/aromatic N) is 2. The Hall–Kier alpha value is -1.96. The van der Waals surface area contributed by atoms with E-state index < -0.39 is 12.3 Å². The Kier molecular flexibility index (Phi) is 3.04. The van der Waals surface area contributed by atoms with Gasteiger partial charge >= 0.3 is 0 Å². The Morgan fingerprint density at radius 3 is 2.83 bits per heavy atom. The summed E-state index contributed by atoms with van der Waals surface area (Å²) in [5.41, 5.74) is 1.24. The molecule has 0 radical (unpaired) electrons. The molecule has 18 heavy (non-hydrogen) atoms. The van der Waals surface area contributed by atoms with Gasteiger partial charge in [0.2, 0.25) is 5.91 Å². The number of hydrogen-bond donors (Lipinski definition) is 0. The van der Waals surface area contributed by atoms with E-state index in [0.717, 1.165) is 5.56 Å². The number of fused-ring (bicyclic) bond motifs is 1. The number of amides is 1. The summed E-state index contributed by atoms with van der Waals surface area (Å²) in [6, 6.07) is 5.69. The van der Waals surface area contributed by atoms with E-state index in [0.29, 0.717) is 18.5 Å². The zero-order chi connectivity index (χ0) is 13.3. The molecule has 1 heterocycles. The predicted molar refractivity (Wildman–Crippen MR) is 62.3 cm³/mol. The number of anilines is 1. The van der Waals surface area contributed by atoms with Crippen LogP contribution in [0, 0.1) is 11.3 Å². The number of benzene rings is 1. The first-order valence-electron chi connectivity index (χ1n) is 5.60. The summed E-state index contributed by atoms with van der Waals surface area (Å²) >= 11 is 0. The minimum atomic E-state index is -3.14. The van der Waals surface area contributed by atoms with Crippen molar-refractivity contribution in [1.82, 2.24) is 0 Å². The average molecular weight is 250 g/mol. The van der Waals surface area contributed by atoms with Crippen molar-refractivity contribution in [2.24, 2.45) is 0 Å². The fraction of sp³-hybridized carbons (Fsp3) is 0.385. The first-order valence-corrected chi connectivity index (χ1v) is 5.60. The lowest BCUT2D eigenvalue weighted by Crippen LogP contribution is -2.31. The first-order chi connectivity index (χ1) is 8.45. The Morgan fingerprint density at radius 1 is 1.44 bits per heavy atom. The third-order valence-corrected chi connectivity index (χ3v) is 3.15. The van der Waals surface area contributed by atoms with Crippen molar-refractivity contribution in [3.05, 3.63) is 29.3 Å². The van der Waals surface area contributed by atoms with Gasteiger partial charge in [-0.3, -0.25) is 4.79 Å². The Labute approximate surface area is 104 Å². The van der Waals surface area contributed by atoms with Crippen LogP contribution in [0.25, 0.3) is 0 Å². The number of carbonyl (C=O) groups excluding carboxylic acids is 1. The van der Waals surface area contributed by atoms with Crippen LogP contribution in [-0.2, 0) is 17.1 Å². The van der Waals surface area contributed by atoms with Crippen molar-refractivity contribution in [2.45, 2.75) is 25.2 Å². The number of aryl methyl sites for hydroxylation is 1. The largest absolute Gasteiger partial charge is 0.315 e. The molecule has 0 aliphatic carbocycles. The molecule has 1 aromatic rings. The van der Waals surface area contributed by atoms with Crippen LogP contribution >= 0.6 is 0 Å². The maximum Gasteiger partial charge on any atom is 0.286 e. The smallest absolute Gasteiger partial charge is 0.286 e. The van der Waals surface area contributed by atoms with Gasteiger partial charge in [0.25, 0.3) is 5.92 Å². The number of hydrogen-bond acceptors (Lipinski definition) is 2. The van der Waals surface area contributed by atoms with Crippen molar-refractivity contribution >= 4 is 11.6 Å². The highest BCUT2D eigenvalue weighted by molar-refractivity contribution is 5.95. The number of nitriles is 1. The fourth-order valence-electron chi connectivity index (χ4n) is 2.09. The molecular formula is C13H12F2N2O. The van der Waals surface area contributed by atoms with E-state index in [1.807, 2.05) is 0 Å². The van der Waals surface area contributed by atoms with Crippen LogP contribution in [0.1, 0.15) is 24.0 Å². The molecule has 0 spiro atoms. The van der Waals surface area contributed by atoms with Crippen LogP contribution in [0.5, 0.6) is 0 Å². The van der Waals surface area contributed by atoms with E-state index in [1.165, 1.54) is 29.2 Å². The molecule has 0 unspecified atom stereocenters. The van der Waals surface area contributed by atoms with Crippen molar-refractivity contribution in [1.29, 1.82) is 5.26 Å². The summed E-state index contributed by atoms with van der Waals surface area (Å²) in [4.78, 5) is 13.0. The Morgan fingerprint density at radius 2 is 2.17 bits per heavy atom. The summed E-state index contributed by atoms with van der Waals surface area (Å²) in [7, 11) is 1.63. The highest BCUT2D eigenvalue weighted by Crippen LogP contribution is 2.35. The average Bonchev–Trinajstić information content (AvgIpc) is 2.33. The van der Waals surface area contributed by atoms with Gasteiger partial charge in [-0.15, -0.1) is 0 Å². The predicted octanol–water partition coefficient (Wildman–Crippen LogP) is 2.60. The molecule has 1 aliphatic heterocycles. The molecule has 5 heteroatoms. The van der Waals surface area contributed by atoms with E-state index in [-0.39, 0.29) is 11.5 Å². The fourth-order valence-corrected chi connectivity index (χ4v) is 2.09. The first kappa shape index (κ1) is 12.5. The zero-order valence-corrected chi connectivity index (χ0v) is 9.91. The highest BCUT2D eigenvalue weighted by atomic mass is 19.3. The van der Waals surface area contributed by atoms with E-state index >= 15 is 0 Å². The van der Waals surface area contributed by atoms with Gasteiger partial charge in [-0.2, -0.15) is 5.26 Å². The maximum atomic E-state index is 13.6. The zero-order valence-electron chi connectivity index (χ0n) is 9.91. The van der Waals surface area contributed by atoms with Crippen molar-refractivity contribution in [3.63, 3.8) is 0 Å². The van der Waals surface area contributed by atoms with Crippen molar-refractivity contribution < 1.29 is 13.6 Å². The van der Waals surface area contributed by atoms with Crippen LogP contribution in [0.15, 0.2) is 18.2 Å². The van der Waals surface area contributed by atoms with Gasteiger partial charge in [0, 0.05) is 24.7 Å². The molecule has 0 aromatic heterocycles. The van der Waals surface area contributed by atoms with Crippen LogP contribution in [0.2, 0.25) is 0 Å². The van der Waals surface area contributed by atoms with E-state index in [2.05, 4.69) is 0 Å². The quantitative estimate of drug-likeness (QED) is 0.809. The van der Waals surface area contributed by atoms with Gasteiger partial charge < -0.3 is 4.90 Å². The van der Waals surface area contributed by atoms with Crippen molar-refractivity contribution in [3.8, 4) is 6.07 Å². The molecule has 1 aliphatic rings. The van der Waals surface area contributed by atoms with Gasteiger partial charge in [0.1, 0.15) is 6.42 Å². The normalized spacial score (nSPS) is 15.2. The summed E-state index contributed by atoms with van der Waals surface area (Å²) in [5.74, 6) is -3.15. The standard InChI is InChI=1S/C13H12F2N2O/c1-17-11-4-3-10(13(14,15)6-7-16)8-9(11)2-5-12(17)18/h3-4,8H,2,5-6H2,1H3. The lowest BCUT2D eigenvalue weighted by atomic mass is 9.96. The van der Waals surface area contributed by atoms with Crippen LogP contribution in [0.4, 0.5) is 14.5 Å². The van der Waals surface area contributed by atoms with Crippen LogP contribution in [0.3, 0.4) is 0 Å². The molecule has 0 atom stereocenters. The molecule has 3 nitrogen and oxygen atoms in total. The van der Waals surface area contributed by atoms with Gasteiger partial charge in [-0.1, -0.05) is 6.07 Å². The maximum absolute atomic E-state index is 13.6. The van der Waals surface area contributed by atoms with E-state index in [9.17, 15) is 13.6 Å². The molecular weight excluding hydrogens is 238 g/mol. The highest BCUT2D eigenvalue weighted by Gasteiger charge is 2.33. The minimum absolute atomic E-state index is 0.0148.